The molecule has 2 rings (SSSR count). The lowest BCUT2D eigenvalue weighted by atomic mass is 9.92. The van der Waals surface area contributed by atoms with Gasteiger partial charge in [-0.15, -0.1) is 0 Å². The van der Waals surface area contributed by atoms with Gasteiger partial charge in [-0.05, 0) is 24.7 Å². The smallest absolute Gasteiger partial charge is 0.134 e. The fraction of sp³-hybridized carbons (Fsp3) is 0.714. The third-order valence-electron chi connectivity index (χ3n) is 3.40. The van der Waals surface area contributed by atoms with Gasteiger partial charge in [-0.1, -0.05) is 20.8 Å². The van der Waals surface area contributed by atoms with E-state index in [1.807, 2.05) is 0 Å². The first-order chi connectivity index (χ1) is 8.69. The molecule has 0 aliphatic carbocycles. The van der Waals surface area contributed by atoms with E-state index in [1.165, 1.54) is 6.42 Å². The molecule has 18 heavy (non-hydrogen) atoms. The van der Waals surface area contributed by atoms with Crippen LogP contribution in [0.5, 0.6) is 0 Å². The second-order valence-corrected chi connectivity index (χ2v) is 5.54. The number of aromatic nitrogens is 2. The monoisotopic (exact) mass is 248 g/mol. The van der Waals surface area contributed by atoms with E-state index in [1.54, 1.807) is 6.33 Å². The average molecular weight is 248 g/mol. The van der Waals surface area contributed by atoms with Gasteiger partial charge in [-0.3, -0.25) is 0 Å². The molecular formula is C14H24N4. The van der Waals surface area contributed by atoms with Crippen molar-refractivity contribution in [2.24, 2.45) is 11.8 Å². The second kappa shape index (κ2) is 6.03. The van der Waals surface area contributed by atoms with Crippen LogP contribution in [0.2, 0.25) is 0 Å². The summed E-state index contributed by atoms with van der Waals surface area (Å²) in [6, 6.07) is 2.07. The lowest BCUT2D eigenvalue weighted by molar-refractivity contribution is 0.355. The van der Waals surface area contributed by atoms with E-state index >= 15 is 0 Å². The molecule has 0 radical (unpaired) electrons. The van der Waals surface area contributed by atoms with Crippen LogP contribution < -0.4 is 10.2 Å². The number of hydrogen-bond acceptors (Lipinski definition) is 4. The summed E-state index contributed by atoms with van der Waals surface area (Å²) in [6.45, 7) is 9.97. The number of nitrogens with one attached hydrogen (secondary N) is 1. The Balaban J connectivity index is 2.07. The first-order valence-electron chi connectivity index (χ1n) is 7.00. The quantitative estimate of drug-likeness (QED) is 0.889. The Kier molecular flexibility index (Phi) is 4.39. The summed E-state index contributed by atoms with van der Waals surface area (Å²) in [5, 5.41) is 3.32. The number of piperidine rings is 1. The van der Waals surface area contributed by atoms with E-state index in [4.69, 9.17) is 0 Å². The van der Waals surface area contributed by atoms with Gasteiger partial charge in [0.25, 0.3) is 0 Å². The molecule has 2 atom stereocenters. The van der Waals surface area contributed by atoms with Crippen molar-refractivity contribution in [2.45, 2.75) is 33.6 Å². The Morgan fingerprint density at radius 2 is 2.00 bits per heavy atom. The summed E-state index contributed by atoms with van der Waals surface area (Å²) in [4.78, 5) is 11.1. The largest absolute Gasteiger partial charge is 0.370 e. The van der Waals surface area contributed by atoms with Gasteiger partial charge in [0.2, 0.25) is 0 Å². The molecule has 1 fully saturated rings. The molecule has 0 saturated carbocycles. The normalized spacial score (nSPS) is 24.1. The molecule has 4 heteroatoms. The van der Waals surface area contributed by atoms with E-state index < -0.39 is 0 Å². The minimum atomic E-state index is 0.746. The highest BCUT2D eigenvalue weighted by atomic mass is 15.2. The van der Waals surface area contributed by atoms with Crippen LogP contribution in [0.4, 0.5) is 11.6 Å². The highest BCUT2D eigenvalue weighted by Gasteiger charge is 2.22. The van der Waals surface area contributed by atoms with Crippen molar-refractivity contribution >= 4 is 11.6 Å². The summed E-state index contributed by atoms with van der Waals surface area (Å²) >= 11 is 0. The molecule has 1 aromatic rings. The Hall–Kier alpha value is -1.32. The zero-order chi connectivity index (χ0) is 13.0. The van der Waals surface area contributed by atoms with Crippen molar-refractivity contribution in [1.29, 1.82) is 0 Å². The van der Waals surface area contributed by atoms with E-state index in [0.29, 0.717) is 0 Å². The maximum atomic E-state index is 4.41. The van der Waals surface area contributed by atoms with Crippen LogP contribution in [0.3, 0.4) is 0 Å². The van der Waals surface area contributed by atoms with Gasteiger partial charge in [0, 0.05) is 25.7 Å². The molecule has 0 spiro atoms. The van der Waals surface area contributed by atoms with E-state index in [2.05, 4.69) is 47.0 Å². The molecule has 0 aromatic carbocycles. The first-order valence-corrected chi connectivity index (χ1v) is 7.00. The zero-order valence-corrected chi connectivity index (χ0v) is 11.7. The molecule has 0 bridgehead atoms. The standard InChI is InChI=1S/C14H24N4/c1-4-5-15-13-7-14(17-10-16-13)18-8-11(2)6-12(3)9-18/h7,10-12H,4-6,8-9H2,1-3H3,(H,15,16,17). The predicted octanol–water partition coefficient (Wildman–Crippen LogP) is 2.78. The first kappa shape index (κ1) is 13.1. The third-order valence-corrected chi connectivity index (χ3v) is 3.40. The molecule has 1 N–H and O–H groups in total. The van der Waals surface area contributed by atoms with Gasteiger partial charge in [-0.25, -0.2) is 9.97 Å². The SMILES string of the molecule is CCCNc1cc(N2CC(C)CC(C)C2)ncn1. The molecule has 1 aliphatic heterocycles. The minimum absolute atomic E-state index is 0.746. The number of rotatable bonds is 4. The van der Waals surface area contributed by atoms with Crippen molar-refractivity contribution in [2.75, 3.05) is 29.9 Å². The summed E-state index contributed by atoms with van der Waals surface area (Å²) in [5.74, 6) is 3.49. The van der Waals surface area contributed by atoms with Gasteiger partial charge in [0.1, 0.15) is 18.0 Å². The highest BCUT2D eigenvalue weighted by Crippen LogP contribution is 2.25. The molecule has 2 unspecified atom stereocenters. The fourth-order valence-electron chi connectivity index (χ4n) is 2.72. The predicted molar refractivity (Wildman–Crippen MR) is 76.0 cm³/mol. The van der Waals surface area contributed by atoms with E-state index in [9.17, 15) is 0 Å². The summed E-state index contributed by atoms with van der Waals surface area (Å²) in [7, 11) is 0. The average Bonchev–Trinajstić information content (AvgIpc) is 2.35. The maximum Gasteiger partial charge on any atom is 0.134 e. The number of anilines is 2. The molecule has 1 aliphatic rings. The van der Waals surface area contributed by atoms with Gasteiger partial charge in [0.05, 0.1) is 0 Å². The Labute approximate surface area is 110 Å². The van der Waals surface area contributed by atoms with Crippen LogP contribution in [0.25, 0.3) is 0 Å². The molecular weight excluding hydrogens is 224 g/mol. The number of nitrogens with zero attached hydrogens (tertiary/aromatic N) is 3. The van der Waals surface area contributed by atoms with Crippen molar-refractivity contribution in [3.05, 3.63) is 12.4 Å². The van der Waals surface area contributed by atoms with E-state index in [-0.39, 0.29) is 0 Å². The summed E-state index contributed by atoms with van der Waals surface area (Å²) < 4.78 is 0. The van der Waals surface area contributed by atoms with Gasteiger partial charge in [-0.2, -0.15) is 0 Å². The molecule has 1 aromatic heterocycles. The number of hydrogen-bond donors (Lipinski definition) is 1. The van der Waals surface area contributed by atoms with Crippen molar-refractivity contribution < 1.29 is 0 Å². The second-order valence-electron chi connectivity index (χ2n) is 5.54. The summed E-state index contributed by atoms with van der Waals surface area (Å²) in [5.41, 5.74) is 0. The van der Waals surface area contributed by atoms with Crippen LogP contribution in [-0.4, -0.2) is 29.6 Å². The molecule has 2 heterocycles. The maximum absolute atomic E-state index is 4.41. The van der Waals surface area contributed by atoms with Crippen LogP contribution >= 0.6 is 0 Å². The van der Waals surface area contributed by atoms with Crippen molar-refractivity contribution in [3.63, 3.8) is 0 Å². The third kappa shape index (κ3) is 3.34. The Morgan fingerprint density at radius 1 is 1.28 bits per heavy atom. The van der Waals surface area contributed by atoms with Crippen LogP contribution in [0, 0.1) is 11.8 Å². The van der Waals surface area contributed by atoms with Gasteiger partial charge in [0.15, 0.2) is 0 Å². The molecule has 4 nitrogen and oxygen atoms in total. The van der Waals surface area contributed by atoms with E-state index in [0.717, 1.165) is 49.5 Å². The van der Waals surface area contributed by atoms with Crippen molar-refractivity contribution in [3.8, 4) is 0 Å². The van der Waals surface area contributed by atoms with Gasteiger partial charge < -0.3 is 10.2 Å². The van der Waals surface area contributed by atoms with Crippen molar-refractivity contribution in [1.82, 2.24) is 9.97 Å². The lowest BCUT2D eigenvalue weighted by Crippen LogP contribution is -2.39. The molecule has 1 saturated heterocycles. The lowest BCUT2D eigenvalue weighted by Gasteiger charge is -2.35. The van der Waals surface area contributed by atoms with Crippen LogP contribution in [-0.2, 0) is 0 Å². The Morgan fingerprint density at radius 3 is 2.67 bits per heavy atom. The fourth-order valence-corrected chi connectivity index (χ4v) is 2.72. The summed E-state index contributed by atoms with van der Waals surface area (Å²) in [6.07, 6.45) is 4.09. The minimum Gasteiger partial charge on any atom is -0.370 e. The highest BCUT2D eigenvalue weighted by molar-refractivity contribution is 5.48. The van der Waals surface area contributed by atoms with Crippen LogP contribution in [0.1, 0.15) is 33.6 Å². The molecule has 100 valence electrons. The van der Waals surface area contributed by atoms with Crippen LogP contribution in [0.15, 0.2) is 12.4 Å². The van der Waals surface area contributed by atoms with Gasteiger partial charge >= 0.3 is 0 Å². The topological polar surface area (TPSA) is 41.0 Å². The Bertz CT molecular complexity index is 370. The zero-order valence-electron chi connectivity index (χ0n) is 11.7. The molecule has 0 amide bonds.